The molecule has 1 saturated carbocycles. The SMILES string of the molecule is COc1cc(C(N)=NCC(=O)O)ccc1CNC(=O)C1(C2CCCCC2)CCCCN1C(=O)[C@H](C)N. The van der Waals surface area contributed by atoms with Crippen LogP contribution in [0.4, 0.5) is 0 Å². The van der Waals surface area contributed by atoms with Crippen LogP contribution in [0.25, 0.3) is 0 Å². The van der Waals surface area contributed by atoms with Gasteiger partial charge in [-0.1, -0.05) is 31.4 Å². The van der Waals surface area contributed by atoms with Crippen LogP contribution in [-0.2, 0) is 20.9 Å². The van der Waals surface area contributed by atoms with Crippen molar-refractivity contribution in [2.45, 2.75) is 76.4 Å². The van der Waals surface area contributed by atoms with Gasteiger partial charge in [0.1, 0.15) is 23.7 Å². The molecule has 1 aromatic rings. The minimum absolute atomic E-state index is 0.0924. The number of nitrogens with two attached hydrogens (primary N) is 2. The lowest BCUT2D eigenvalue weighted by atomic mass is 9.68. The van der Waals surface area contributed by atoms with Gasteiger partial charge in [0.25, 0.3) is 0 Å². The first-order chi connectivity index (χ1) is 17.2. The second-order valence-electron chi connectivity index (χ2n) is 9.80. The van der Waals surface area contributed by atoms with Crippen molar-refractivity contribution in [1.82, 2.24) is 10.2 Å². The van der Waals surface area contributed by atoms with Gasteiger partial charge in [0.15, 0.2) is 0 Å². The van der Waals surface area contributed by atoms with E-state index in [0.717, 1.165) is 50.5 Å². The minimum Gasteiger partial charge on any atom is -0.496 e. The van der Waals surface area contributed by atoms with E-state index in [1.54, 1.807) is 30.0 Å². The van der Waals surface area contributed by atoms with E-state index in [1.165, 1.54) is 7.11 Å². The average Bonchev–Trinajstić information content (AvgIpc) is 2.90. The average molecular weight is 502 g/mol. The number of rotatable bonds is 9. The highest BCUT2D eigenvalue weighted by atomic mass is 16.5. The topological polar surface area (TPSA) is 160 Å². The summed E-state index contributed by atoms with van der Waals surface area (Å²) in [6, 6.07) is 4.50. The summed E-state index contributed by atoms with van der Waals surface area (Å²) < 4.78 is 5.51. The van der Waals surface area contributed by atoms with Gasteiger partial charge in [-0.3, -0.25) is 19.4 Å². The number of hydrogen-bond acceptors (Lipinski definition) is 6. The summed E-state index contributed by atoms with van der Waals surface area (Å²) in [5.74, 6) is -0.695. The second-order valence-corrected chi connectivity index (χ2v) is 9.80. The summed E-state index contributed by atoms with van der Waals surface area (Å²) in [5.41, 5.74) is 12.3. The number of nitrogens with zero attached hydrogens (tertiary/aromatic N) is 2. The zero-order valence-corrected chi connectivity index (χ0v) is 21.3. The minimum atomic E-state index is -1.07. The first-order valence-electron chi connectivity index (χ1n) is 12.7. The normalized spacial score (nSPS) is 22.1. The Labute approximate surface area is 212 Å². The van der Waals surface area contributed by atoms with Gasteiger partial charge < -0.3 is 31.5 Å². The van der Waals surface area contributed by atoms with Gasteiger partial charge in [-0.25, -0.2) is 0 Å². The monoisotopic (exact) mass is 501 g/mol. The van der Waals surface area contributed by atoms with Crippen molar-refractivity contribution in [3.63, 3.8) is 0 Å². The Hall–Kier alpha value is -3.14. The number of likely N-dealkylation sites (tertiary alicyclic amines) is 1. The number of piperidine rings is 1. The molecule has 6 N–H and O–H groups in total. The Morgan fingerprint density at radius 1 is 1.22 bits per heavy atom. The molecule has 0 spiro atoms. The third-order valence-electron chi connectivity index (χ3n) is 7.41. The number of aliphatic imine (C=N–C) groups is 1. The van der Waals surface area contributed by atoms with Gasteiger partial charge >= 0.3 is 5.97 Å². The van der Waals surface area contributed by atoms with Crippen LogP contribution in [0.5, 0.6) is 5.75 Å². The molecule has 1 aliphatic carbocycles. The number of ether oxygens (including phenoxy) is 1. The maximum Gasteiger partial charge on any atom is 0.325 e. The van der Waals surface area contributed by atoms with Crippen LogP contribution < -0.4 is 21.5 Å². The number of benzene rings is 1. The molecule has 1 aromatic carbocycles. The fourth-order valence-electron chi connectivity index (χ4n) is 5.60. The van der Waals surface area contributed by atoms with Crippen molar-refractivity contribution in [1.29, 1.82) is 0 Å². The molecular weight excluding hydrogens is 462 g/mol. The molecule has 3 rings (SSSR count). The Kier molecular flexibility index (Phi) is 9.31. The number of carboxylic acid groups (broad SMARTS) is 1. The van der Waals surface area contributed by atoms with E-state index in [4.69, 9.17) is 21.3 Å². The molecule has 2 aliphatic rings. The highest BCUT2D eigenvalue weighted by molar-refractivity contribution is 5.99. The van der Waals surface area contributed by atoms with Crippen LogP contribution in [0.1, 0.15) is 69.4 Å². The molecule has 1 saturated heterocycles. The Morgan fingerprint density at radius 2 is 1.94 bits per heavy atom. The first-order valence-corrected chi connectivity index (χ1v) is 12.7. The van der Waals surface area contributed by atoms with Crippen LogP contribution in [0.15, 0.2) is 23.2 Å². The quantitative estimate of drug-likeness (QED) is 0.296. The van der Waals surface area contributed by atoms with Crippen molar-refractivity contribution in [3.8, 4) is 5.75 Å². The van der Waals surface area contributed by atoms with Crippen molar-refractivity contribution in [3.05, 3.63) is 29.3 Å². The van der Waals surface area contributed by atoms with E-state index in [-0.39, 0.29) is 30.1 Å². The zero-order valence-electron chi connectivity index (χ0n) is 21.3. The Morgan fingerprint density at radius 3 is 2.58 bits per heavy atom. The standard InChI is InChI=1S/C26H39N5O5/c1-17(27)24(34)31-13-7-6-12-26(31,20-8-4-3-5-9-20)25(35)30-15-19-11-10-18(14-21(19)36-2)23(28)29-16-22(32)33/h10-11,14,17,20H,3-9,12-13,15-16,27H2,1-2H3,(H2,28,29)(H,30,35)(H,32,33)/t17-,26?/m0/s1. The van der Waals surface area contributed by atoms with Crippen molar-refractivity contribution in [2.24, 2.45) is 22.4 Å². The largest absolute Gasteiger partial charge is 0.496 e. The molecule has 2 atom stereocenters. The van der Waals surface area contributed by atoms with Gasteiger partial charge in [0, 0.05) is 24.2 Å². The van der Waals surface area contributed by atoms with Crippen LogP contribution in [0.3, 0.4) is 0 Å². The molecule has 1 heterocycles. The van der Waals surface area contributed by atoms with Crippen LogP contribution in [-0.4, -0.2) is 65.4 Å². The van der Waals surface area contributed by atoms with Crippen molar-refractivity contribution in [2.75, 3.05) is 20.2 Å². The Bertz CT molecular complexity index is 989. The number of methoxy groups -OCH3 is 1. The molecule has 10 nitrogen and oxygen atoms in total. The molecule has 2 fully saturated rings. The van der Waals surface area contributed by atoms with Crippen molar-refractivity contribution < 1.29 is 24.2 Å². The lowest BCUT2D eigenvalue weighted by Gasteiger charge is -2.51. The highest BCUT2D eigenvalue weighted by Gasteiger charge is 2.53. The predicted molar refractivity (Wildman–Crippen MR) is 137 cm³/mol. The molecule has 0 radical (unpaired) electrons. The third kappa shape index (κ3) is 5.98. The maximum atomic E-state index is 14.0. The molecule has 0 aromatic heterocycles. The number of aliphatic carboxylic acids is 1. The Balaban J connectivity index is 1.85. The number of hydrogen-bond donors (Lipinski definition) is 4. The van der Waals surface area contributed by atoms with E-state index in [0.29, 0.717) is 24.3 Å². The number of carbonyl (C=O) groups is 3. The summed E-state index contributed by atoms with van der Waals surface area (Å²) in [6.45, 7) is 2.00. The van der Waals surface area contributed by atoms with Gasteiger partial charge in [-0.2, -0.15) is 0 Å². The number of carbonyl (C=O) groups excluding carboxylic acids is 2. The van der Waals surface area contributed by atoms with Crippen LogP contribution in [0, 0.1) is 5.92 Å². The summed E-state index contributed by atoms with van der Waals surface area (Å²) in [6.07, 6.45) is 7.48. The second kappa shape index (κ2) is 12.2. The summed E-state index contributed by atoms with van der Waals surface area (Å²) in [7, 11) is 1.52. The smallest absolute Gasteiger partial charge is 0.325 e. The fraction of sp³-hybridized carbons (Fsp3) is 0.615. The van der Waals surface area contributed by atoms with E-state index in [1.807, 2.05) is 0 Å². The fourth-order valence-corrected chi connectivity index (χ4v) is 5.60. The lowest BCUT2D eigenvalue weighted by Crippen LogP contribution is -2.68. The maximum absolute atomic E-state index is 14.0. The molecule has 10 heteroatoms. The predicted octanol–water partition coefficient (Wildman–Crippen LogP) is 1.78. The van der Waals surface area contributed by atoms with Gasteiger partial charge in [-0.15, -0.1) is 0 Å². The molecule has 36 heavy (non-hydrogen) atoms. The van der Waals surface area contributed by atoms with E-state index in [9.17, 15) is 14.4 Å². The molecule has 1 unspecified atom stereocenters. The van der Waals surface area contributed by atoms with Gasteiger partial charge in [0.05, 0.1) is 13.2 Å². The lowest BCUT2D eigenvalue weighted by molar-refractivity contribution is -0.157. The molecular formula is C26H39N5O5. The third-order valence-corrected chi connectivity index (χ3v) is 7.41. The van der Waals surface area contributed by atoms with E-state index < -0.39 is 24.1 Å². The molecule has 1 aliphatic heterocycles. The molecule has 2 amide bonds. The van der Waals surface area contributed by atoms with Crippen LogP contribution >= 0.6 is 0 Å². The van der Waals surface area contributed by atoms with E-state index >= 15 is 0 Å². The summed E-state index contributed by atoms with van der Waals surface area (Å²) in [4.78, 5) is 43.5. The number of amidine groups is 1. The van der Waals surface area contributed by atoms with Crippen molar-refractivity contribution >= 4 is 23.6 Å². The summed E-state index contributed by atoms with van der Waals surface area (Å²) >= 11 is 0. The number of nitrogens with one attached hydrogen (secondary N) is 1. The molecule has 0 bridgehead atoms. The molecule has 198 valence electrons. The van der Waals surface area contributed by atoms with Gasteiger partial charge in [0.2, 0.25) is 11.8 Å². The van der Waals surface area contributed by atoms with Crippen LogP contribution in [0.2, 0.25) is 0 Å². The number of carboxylic acids is 1. The summed E-state index contributed by atoms with van der Waals surface area (Å²) in [5, 5.41) is 11.9. The van der Waals surface area contributed by atoms with Gasteiger partial charge in [-0.05, 0) is 51.0 Å². The van der Waals surface area contributed by atoms with E-state index in [2.05, 4.69) is 10.3 Å². The number of amides is 2. The first kappa shape index (κ1) is 27.4. The highest BCUT2D eigenvalue weighted by Crippen LogP contribution is 2.43. The zero-order chi connectivity index (χ0) is 26.3.